The van der Waals surface area contributed by atoms with Crippen molar-refractivity contribution < 1.29 is 13.2 Å². The number of hydrogen-bond donors (Lipinski definition) is 1. The Morgan fingerprint density at radius 2 is 1.53 bits per heavy atom. The minimum Gasteiger partial charge on any atom is -0.348 e. The molecule has 36 heavy (non-hydrogen) atoms. The predicted molar refractivity (Wildman–Crippen MR) is 143 cm³/mol. The molecule has 0 spiro atoms. The van der Waals surface area contributed by atoms with Crippen LogP contribution in [0, 0.1) is 20.8 Å². The smallest absolute Gasteiger partial charge is 0.251 e. The molecule has 3 aromatic carbocycles. The van der Waals surface area contributed by atoms with Crippen LogP contribution in [0.5, 0.6) is 0 Å². The summed E-state index contributed by atoms with van der Waals surface area (Å²) in [5.41, 5.74) is 5.79. The van der Waals surface area contributed by atoms with Gasteiger partial charge in [0.1, 0.15) is 5.82 Å². The Morgan fingerprint density at radius 3 is 2.08 bits per heavy atom. The van der Waals surface area contributed by atoms with Crippen molar-refractivity contribution >= 4 is 21.6 Å². The zero-order valence-corrected chi connectivity index (χ0v) is 21.7. The van der Waals surface area contributed by atoms with Crippen LogP contribution in [0.15, 0.2) is 79.1 Å². The zero-order valence-electron chi connectivity index (χ0n) is 20.9. The minimum absolute atomic E-state index is 0.189. The molecule has 0 aliphatic carbocycles. The predicted octanol–water partition coefficient (Wildman–Crippen LogP) is 4.69. The number of benzene rings is 3. The number of nitrogens with zero attached hydrogens (tertiary/aromatic N) is 3. The fourth-order valence-electron chi connectivity index (χ4n) is 4.20. The molecule has 1 heterocycles. The van der Waals surface area contributed by atoms with E-state index in [1.165, 1.54) is 10.6 Å². The second-order valence-corrected chi connectivity index (χ2v) is 10.8. The van der Waals surface area contributed by atoms with Crippen LogP contribution in [0.4, 0.5) is 5.69 Å². The standard InChI is InChI=1S/C28H30N4O3S/c1-20-6-5-7-21(2)27(20)32(36(4,34)35)19-24-8-12-25(13-9-24)28(33)30-18-23-10-14-26(15-11-23)31-17-16-29-22(31)3/h5-17H,18-19H2,1-4H3,(H,30,33). The summed E-state index contributed by atoms with van der Waals surface area (Å²) in [7, 11) is -3.50. The van der Waals surface area contributed by atoms with Gasteiger partial charge in [0, 0.05) is 30.2 Å². The first-order valence-electron chi connectivity index (χ1n) is 11.6. The highest BCUT2D eigenvalue weighted by Crippen LogP contribution is 2.28. The highest BCUT2D eigenvalue weighted by molar-refractivity contribution is 7.92. The number of imidazole rings is 1. The van der Waals surface area contributed by atoms with Gasteiger partial charge in [-0.2, -0.15) is 0 Å². The number of amides is 1. The summed E-state index contributed by atoms with van der Waals surface area (Å²) in [6, 6.07) is 20.7. The third-order valence-corrected chi connectivity index (χ3v) is 7.24. The van der Waals surface area contributed by atoms with Crippen LogP contribution in [0.2, 0.25) is 0 Å². The first kappa shape index (κ1) is 25.2. The van der Waals surface area contributed by atoms with Gasteiger partial charge in [-0.15, -0.1) is 0 Å². The normalized spacial score (nSPS) is 11.3. The number of carbonyl (C=O) groups is 1. The summed E-state index contributed by atoms with van der Waals surface area (Å²) in [5, 5.41) is 2.94. The molecule has 1 amide bonds. The quantitative estimate of drug-likeness (QED) is 0.379. The zero-order chi connectivity index (χ0) is 25.9. The van der Waals surface area contributed by atoms with E-state index in [-0.39, 0.29) is 12.5 Å². The Hall–Kier alpha value is -3.91. The lowest BCUT2D eigenvalue weighted by Gasteiger charge is -2.26. The first-order chi connectivity index (χ1) is 17.1. The van der Waals surface area contributed by atoms with E-state index in [2.05, 4.69) is 10.3 Å². The van der Waals surface area contributed by atoms with Crippen LogP contribution in [0.25, 0.3) is 5.69 Å². The van der Waals surface area contributed by atoms with E-state index >= 15 is 0 Å². The summed E-state index contributed by atoms with van der Waals surface area (Å²) < 4.78 is 28.6. The van der Waals surface area contributed by atoms with Crippen molar-refractivity contribution in [1.82, 2.24) is 14.9 Å². The molecule has 0 saturated carbocycles. The van der Waals surface area contributed by atoms with E-state index < -0.39 is 10.0 Å². The molecule has 1 N–H and O–H groups in total. The Labute approximate surface area is 212 Å². The molecule has 0 bridgehead atoms. The lowest BCUT2D eigenvalue weighted by atomic mass is 10.1. The number of carbonyl (C=O) groups excluding carboxylic acids is 1. The van der Waals surface area contributed by atoms with Gasteiger partial charge in [-0.25, -0.2) is 13.4 Å². The van der Waals surface area contributed by atoms with Crippen molar-refractivity contribution in [2.24, 2.45) is 0 Å². The molecule has 0 aliphatic heterocycles. The molecule has 4 rings (SSSR count). The van der Waals surface area contributed by atoms with Crippen molar-refractivity contribution in [2.75, 3.05) is 10.6 Å². The molecule has 0 radical (unpaired) electrons. The molecule has 0 atom stereocenters. The molecule has 1 aromatic heterocycles. The van der Waals surface area contributed by atoms with Gasteiger partial charge in [0.15, 0.2) is 0 Å². The number of hydrogen-bond acceptors (Lipinski definition) is 4. The number of aryl methyl sites for hydroxylation is 3. The van der Waals surface area contributed by atoms with Crippen molar-refractivity contribution in [2.45, 2.75) is 33.9 Å². The van der Waals surface area contributed by atoms with Gasteiger partial charge < -0.3 is 9.88 Å². The van der Waals surface area contributed by atoms with Gasteiger partial charge in [0.05, 0.1) is 18.5 Å². The van der Waals surface area contributed by atoms with E-state index in [1.807, 2.05) is 74.0 Å². The highest BCUT2D eigenvalue weighted by Gasteiger charge is 2.21. The van der Waals surface area contributed by atoms with E-state index in [0.29, 0.717) is 17.8 Å². The van der Waals surface area contributed by atoms with Crippen LogP contribution in [0.3, 0.4) is 0 Å². The first-order valence-corrected chi connectivity index (χ1v) is 13.5. The molecule has 0 aliphatic rings. The maximum Gasteiger partial charge on any atom is 0.251 e. The maximum atomic E-state index is 12.7. The Morgan fingerprint density at radius 1 is 0.917 bits per heavy atom. The Kier molecular flexibility index (Phi) is 7.26. The van der Waals surface area contributed by atoms with Gasteiger partial charge in [0.25, 0.3) is 5.91 Å². The maximum absolute atomic E-state index is 12.7. The molecule has 8 heteroatoms. The van der Waals surface area contributed by atoms with Crippen LogP contribution in [-0.4, -0.2) is 30.1 Å². The number of sulfonamides is 1. The van der Waals surface area contributed by atoms with Crippen molar-refractivity contribution in [3.8, 4) is 5.69 Å². The van der Waals surface area contributed by atoms with Crippen LogP contribution >= 0.6 is 0 Å². The van der Waals surface area contributed by atoms with Crippen LogP contribution < -0.4 is 9.62 Å². The third kappa shape index (κ3) is 5.66. The fourth-order valence-corrected chi connectivity index (χ4v) is 5.20. The summed E-state index contributed by atoms with van der Waals surface area (Å²) in [5.74, 6) is 0.721. The minimum atomic E-state index is -3.50. The summed E-state index contributed by atoms with van der Waals surface area (Å²) in [6.45, 7) is 6.34. The van der Waals surface area contributed by atoms with E-state index in [9.17, 15) is 13.2 Å². The molecule has 7 nitrogen and oxygen atoms in total. The average molecular weight is 503 g/mol. The average Bonchev–Trinajstić information content (AvgIpc) is 3.27. The number of nitrogens with one attached hydrogen (secondary N) is 1. The highest BCUT2D eigenvalue weighted by atomic mass is 32.2. The van der Waals surface area contributed by atoms with Crippen molar-refractivity contribution in [3.63, 3.8) is 0 Å². The van der Waals surface area contributed by atoms with Gasteiger partial charge in [-0.1, -0.05) is 42.5 Å². The molecule has 186 valence electrons. The van der Waals surface area contributed by atoms with E-state index in [4.69, 9.17) is 0 Å². The van der Waals surface area contributed by atoms with Crippen molar-refractivity contribution in [1.29, 1.82) is 0 Å². The summed E-state index contributed by atoms with van der Waals surface area (Å²) >= 11 is 0. The number of para-hydroxylation sites is 1. The van der Waals surface area contributed by atoms with E-state index in [1.54, 1.807) is 30.5 Å². The second kappa shape index (κ2) is 10.4. The Balaban J connectivity index is 1.41. The van der Waals surface area contributed by atoms with Gasteiger partial charge in [-0.05, 0) is 67.3 Å². The van der Waals surface area contributed by atoms with Gasteiger partial charge in [-0.3, -0.25) is 9.10 Å². The molecular formula is C28H30N4O3S. The van der Waals surface area contributed by atoms with Crippen LogP contribution in [0.1, 0.15) is 38.4 Å². The molecular weight excluding hydrogens is 472 g/mol. The fraction of sp³-hybridized carbons (Fsp3) is 0.214. The topological polar surface area (TPSA) is 84.3 Å². The Bertz CT molecular complexity index is 1450. The summed E-state index contributed by atoms with van der Waals surface area (Å²) in [4.78, 5) is 16.9. The largest absolute Gasteiger partial charge is 0.348 e. The molecule has 4 aromatic rings. The molecule has 0 saturated heterocycles. The lowest BCUT2D eigenvalue weighted by Crippen LogP contribution is -2.30. The number of anilines is 1. The number of rotatable bonds is 8. The SMILES string of the molecule is Cc1cccc(C)c1N(Cc1ccc(C(=O)NCc2ccc(-n3ccnc3C)cc2)cc1)S(C)(=O)=O. The summed E-state index contributed by atoms with van der Waals surface area (Å²) in [6.07, 6.45) is 4.88. The van der Waals surface area contributed by atoms with Crippen LogP contribution in [-0.2, 0) is 23.1 Å². The molecule has 0 fully saturated rings. The monoisotopic (exact) mass is 502 g/mol. The second-order valence-electron chi connectivity index (χ2n) is 8.90. The van der Waals surface area contributed by atoms with E-state index in [0.717, 1.165) is 33.8 Å². The third-order valence-electron chi connectivity index (χ3n) is 6.12. The van der Waals surface area contributed by atoms with Crippen molar-refractivity contribution in [3.05, 3.63) is 113 Å². The molecule has 0 unspecified atom stereocenters. The van der Waals surface area contributed by atoms with Gasteiger partial charge in [0.2, 0.25) is 10.0 Å². The lowest BCUT2D eigenvalue weighted by molar-refractivity contribution is 0.0951. The number of aromatic nitrogens is 2. The van der Waals surface area contributed by atoms with Gasteiger partial charge >= 0.3 is 0 Å².